The van der Waals surface area contributed by atoms with Crippen LogP contribution < -0.4 is 5.32 Å². The van der Waals surface area contributed by atoms with E-state index >= 15 is 0 Å². The Bertz CT molecular complexity index is 280. The van der Waals surface area contributed by atoms with E-state index in [0.717, 1.165) is 25.8 Å². The van der Waals surface area contributed by atoms with Crippen LogP contribution in [0.2, 0.25) is 0 Å². The number of piperidine rings is 1. The Morgan fingerprint density at radius 1 is 1.44 bits per heavy atom. The Morgan fingerprint density at radius 2 is 2.11 bits per heavy atom. The van der Waals surface area contributed by atoms with Crippen LogP contribution in [0.4, 0.5) is 0 Å². The zero-order chi connectivity index (χ0) is 12.8. The molecule has 5 nitrogen and oxygen atoms in total. The van der Waals surface area contributed by atoms with Gasteiger partial charge in [0.15, 0.2) is 0 Å². The van der Waals surface area contributed by atoms with Gasteiger partial charge >= 0.3 is 5.97 Å². The summed E-state index contributed by atoms with van der Waals surface area (Å²) in [5.41, 5.74) is 0. The Morgan fingerprint density at radius 3 is 2.61 bits per heavy atom. The van der Waals surface area contributed by atoms with E-state index in [9.17, 15) is 9.59 Å². The van der Waals surface area contributed by atoms with Crippen molar-refractivity contribution in [3.05, 3.63) is 0 Å². The zero-order valence-electron chi connectivity index (χ0n) is 11.3. The highest BCUT2D eigenvalue weighted by Gasteiger charge is 2.25. The smallest absolute Gasteiger partial charge is 0.310 e. The number of halogens is 1. The number of nitrogens with one attached hydrogen (secondary N) is 1. The summed E-state index contributed by atoms with van der Waals surface area (Å²) >= 11 is 0. The topological polar surface area (TPSA) is 58.6 Å². The highest BCUT2D eigenvalue weighted by molar-refractivity contribution is 5.85. The monoisotopic (exact) mass is 278 g/mol. The van der Waals surface area contributed by atoms with Crippen LogP contribution in [0.25, 0.3) is 0 Å². The van der Waals surface area contributed by atoms with Crippen LogP contribution in [-0.4, -0.2) is 50.1 Å². The van der Waals surface area contributed by atoms with Gasteiger partial charge in [-0.25, -0.2) is 0 Å². The summed E-state index contributed by atoms with van der Waals surface area (Å²) in [5.74, 6) is -0.487. The van der Waals surface area contributed by atoms with Crippen LogP contribution in [0.3, 0.4) is 0 Å². The molecule has 6 heteroatoms. The lowest BCUT2D eigenvalue weighted by molar-refractivity contribution is -0.146. The van der Waals surface area contributed by atoms with Crippen LogP contribution in [0.5, 0.6) is 0 Å². The van der Waals surface area contributed by atoms with Crippen LogP contribution in [0, 0.1) is 5.92 Å². The Balaban J connectivity index is 0.00000289. The number of rotatable bonds is 4. The van der Waals surface area contributed by atoms with Gasteiger partial charge in [0.2, 0.25) is 5.91 Å². The van der Waals surface area contributed by atoms with Gasteiger partial charge in [0, 0.05) is 13.6 Å². The number of amides is 1. The van der Waals surface area contributed by atoms with Gasteiger partial charge in [-0.05, 0) is 19.4 Å². The molecule has 0 radical (unpaired) electrons. The predicted molar refractivity (Wildman–Crippen MR) is 71.7 cm³/mol. The van der Waals surface area contributed by atoms with E-state index in [0.29, 0.717) is 6.54 Å². The van der Waals surface area contributed by atoms with Crippen molar-refractivity contribution in [3.8, 4) is 0 Å². The molecule has 1 N–H and O–H groups in total. The average molecular weight is 279 g/mol. The van der Waals surface area contributed by atoms with Crippen molar-refractivity contribution in [1.82, 2.24) is 10.2 Å². The molecule has 106 valence electrons. The van der Waals surface area contributed by atoms with E-state index in [2.05, 4.69) is 10.1 Å². The highest BCUT2D eigenvalue weighted by atomic mass is 35.5. The molecule has 0 bridgehead atoms. The van der Waals surface area contributed by atoms with Crippen molar-refractivity contribution in [3.63, 3.8) is 0 Å². The van der Waals surface area contributed by atoms with Gasteiger partial charge in [0.05, 0.1) is 19.1 Å². The second-order valence-electron chi connectivity index (χ2n) is 4.65. The van der Waals surface area contributed by atoms with Crippen molar-refractivity contribution >= 4 is 24.3 Å². The molecule has 0 aromatic heterocycles. The molecule has 0 aromatic rings. The van der Waals surface area contributed by atoms with Gasteiger partial charge in [0.1, 0.15) is 0 Å². The van der Waals surface area contributed by atoms with Crippen molar-refractivity contribution < 1.29 is 14.3 Å². The number of hydrogen-bond acceptors (Lipinski definition) is 4. The first kappa shape index (κ1) is 17.2. The normalized spacial score (nSPS) is 20.5. The van der Waals surface area contributed by atoms with E-state index in [-0.39, 0.29) is 36.2 Å². The summed E-state index contributed by atoms with van der Waals surface area (Å²) in [5, 5.41) is 3.21. The fraction of sp³-hybridized carbons (Fsp3) is 0.833. The highest BCUT2D eigenvalue weighted by Crippen LogP contribution is 2.10. The Hall–Kier alpha value is -0.810. The number of carbonyl (C=O) groups excluding carboxylic acids is 2. The van der Waals surface area contributed by atoms with E-state index in [1.165, 1.54) is 7.11 Å². The molecular weight excluding hydrogens is 256 g/mol. The van der Waals surface area contributed by atoms with E-state index in [1.54, 1.807) is 18.9 Å². The van der Waals surface area contributed by atoms with Crippen molar-refractivity contribution in [2.45, 2.75) is 32.2 Å². The summed E-state index contributed by atoms with van der Waals surface area (Å²) in [4.78, 5) is 24.9. The van der Waals surface area contributed by atoms with Crippen LogP contribution in [-0.2, 0) is 14.3 Å². The third-order valence-electron chi connectivity index (χ3n) is 3.14. The van der Waals surface area contributed by atoms with Crippen molar-refractivity contribution in [2.24, 2.45) is 5.92 Å². The molecular formula is C12H23ClN2O3. The number of methoxy groups -OCH3 is 1. The molecule has 18 heavy (non-hydrogen) atoms. The average Bonchev–Trinajstić information content (AvgIpc) is 2.37. The SMILES string of the molecule is COC(=O)C(C)CN(C)C(=O)[C@H]1CCCCN1.Cl. The number of carbonyl (C=O) groups is 2. The third-order valence-corrected chi connectivity index (χ3v) is 3.14. The Kier molecular flexibility index (Phi) is 7.95. The first-order valence-electron chi connectivity index (χ1n) is 6.12. The number of nitrogens with zero attached hydrogens (tertiary/aromatic N) is 1. The predicted octanol–water partition coefficient (Wildman–Crippen LogP) is 0.818. The molecule has 1 rings (SSSR count). The van der Waals surface area contributed by atoms with Gasteiger partial charge in [-0.2, -0.15) is 0 Å². The zero-order valence-corrected chi connectivity index (χ0v) is 12.1. The molecule has 1 unspecified atom stereocenters. The van der Waals surface area contributed by atoms with Gasteiger partial charge in [-0.15, -0.1) is 12.4 Å². The molecule has 1 aliphatic heterocycles. The molecule has 0 aromatic carbocycles. The van der Waals surface area contributed by atoms with Gasteiger partial charge in [-0.3, -0.25) is 9.59 Å². The minimum absolute atomic E-state index is 0. The second kappa shape index (κ2) is 8.32. The van der Waals surface area contributed by atoms with Crippen molar-refractivity contribution in [2.75, 3.05) is 27.2 Å². The quantitative estimate of drug-likeness (QED) is 0.774. The number of hydrogen-bond donors (Lipinski definition) is 1. The largest absolute Gasteiger partial charge is 0.469 e. The van der Waals surface area contributed by atoms with E-state index in [1.807, 2.05) is 0 Å². The fourth-order valence-electron chi connectivity index (χ4n) is 2.11. The minimum atomic E-state index is -0.280. The summed E-state index contributed by atoms with van der Waals surface area (Å²) < 4.78 is 4.65. The lowest BCUT2D eigenvalue weighted by Gasteiger charge is -2.28. The molecule has 1 amide bonds. The Labute approximate surface area is 115 Å². The maximum Gasteiger partial charge on any atom is 0.310 e. The van der Waals surface area contributed by atoms with Gasteiger partial charge in [-0.1, -0.05) is 13.3 Å². The molecule has 1 saturated heterocycles. The van der Waals surface area contributed by atoms with Gasteiger partial charge < -0.3 is 15.0 Å². The van der Waals surface area contributed by atoms with Crippen LogP contribution >= 0.6 is 12.4 Å². The summed E-state index contributed by atoms with van der Waals surface area (Å²) in [6.07, 6.45) is 3.10. The van der Waals surface area contributed by atoms with Crippen LogP contribution in [0.15, 0.2) is 0 Å². The van der Waals surface area contributed by atoms with Crippen LogP contribution in [0.1, 0.15) is 26.2 Å². The number of esters is 1. The second-order valence-corrected chi connectivity index (χ2v) is 4.65. The molecule has 1 heterocycles. The molecule has 0 aliphatic carbocycles. The van der Waals surface area contributed by atoms with E-state index in [4.69, 9.17) is 0 Å². The minimum Gasteiger partial charge on any atom is -0.469 e. The summed E-state index contributed by atoms with van der Waals surface area (Å²) in [6.45, 7) is 3.07. The first-order chi connectivity index (χ1) is 8.06. The lowest BCUT2D eigenvalue weighted by atomic mass is 10.0. The molecule has 0 saturated carbocycles. The molecule has 1 aliphatic rings. The summed E-state index contributed by atoms with van der Waals surface area (Å²) in [7, 11) is 3.10. The van der Waals surface area contributed by atoms with Crippen molar-refractivity contribution in [1.29, 1.82) is 0 Å². The number of ether oxygens (including phenoxy) is 1. The first-order valence-corrected chi connectivity index (χ1v) is 6.12. The lowest BCUT2D eigenvalue weighted by Crippen LogP contribution is -2.48. The standard InChI is InChI=1S/C12H22N2O3.ClH/c1-9(12(16)17-3)8-14(2)11(15)10-6-4-5-7-13-10;/h9-10,13H,4-8H2,1-3H3;1H/t9?,10-;/m1./s1. The molecule has 1 fully saturated rings. The van der Waals surface area contributed by atoms with E-state index < -0.39 is 0 Å². The third kappa shape index (κ3) is 4.82. The van der Waals surface area contributed by atoms with Gasteiger partial charge in [0.25, 0.3) is 0 Å². The fourth-order valence-corrected chi connectivity index (χ4v) is 2.11. The molecule has 0 spiro atoms. The molecule has 2 atom stereocenters. The summed E-state index contributed by atoms with van der Waals surface area (Å²) in [6, 6.07) is -0.0846. The maximum atomic E-state index is 12.1. The maximum absolute atomic E-state index is 12.1. The number of likely N-dealkylation sites (N-methyl/N-ethyl adjacent to an activating group) is 1.